The van der Waals surface area contributed by atoms with Crippen molar-refractivity contribution in [3.63, 3.8) is 0 Å². The Kier molecular flexibility index (Phi) is 9.29. The molecule has 0 aliphatic carbocycles. The van der Waals surface area contributed by atoms with Crippen LogP contribution in [0.1, 0.15) is 58.5 Å². The van der Waals surface area contributed by atoms with E-state index in [1.807, 2.05) is 44.2 Å². The number of para-hydroxylation sites is 1. The van der Waals surface area contributed by atoms with Crippen LogP contribution in [0.4, 0.5) is 10.5 Å². The molecule has 2 amide bonds. The predicted molar refractivity (Wildman–Crippen MR) is 174 cm³/mol. The summed E-state index contributed by atoms with van der Waals surface area (Å²) < 4.78 is 20.9. The highest BCUT2D eigenvalue weighted by atomic mass is 35.5. The SMILES string of the molecule is Cc1c(NC(=O)[C@H]2CC(c3nnc(-c4cc(Cl)ccc4OC(C)C)o3)CN(C(=O)OC(C)(C)C)C2)c(=O)n(-c2ccccc2)n1C. The summed E-state index contributed by atoms with van der Waals surface area (Å²) in [5.41, 5.74) is 0.840. The van der Waals surface area contributed by atoms with Crippen LogP contribution in [0, 0.1) is 12.8 Å². The van der Waals surface area contributed by atoms with Gasteiger partial charge in [0.2, 0.25) is 11.8 Å². The normalized spacial score (nSPS) is 16.8. The quantitative estimate of drug-likeness (QED) is 0.259. The summed E-state index contributed by atoms with van der Waals surface area (Å²) in [5, 5.41) is 11.9. The lowest BCUT2D eigenvalue weighted by atomic mass is 9.88. The first kappa shape index (κ1) is 32.8. The van der Waals surface area contributed by atoms with Gasteiger partial charge < -0.3 is 24.1 Å². The van der Waals surface area contributed by atoms with Crippen molar-refractivity contribution in [3.05, 3.63) is 75.5 Å². The maximum absolute atomic E-state index is 13.8. The monoisotopic (exact) mass is 650 g/mol. The lowest BCUT2D eigenvalue weighted by molar-refractivity contribution is -0.121. The van der Waals surface area contributed by atoms with Crippen LogP contribution in [0.3, 0.4) is 0 Å². The Hall–Kier alpha value is -4.58. The van der Waals surface area contributed by atoms with E-state index in [-0.39, 0.29) is 48.6 Å². The molecule has 0 bridgehead atoms. The molecule has 0 spiro atoms. The molecular weight excluding hydrogens is 612 g/mol. The van der Waals surface area contributed by atoms with Gasteiger partial charge >= 0.3 is 6.09 Å². The van der Waals surface area contributed by atoms with Gasteiger partial charge in [0.05, 0.1) is 34.9 Å². The summed E-state index contributed by atoms with van der Waals surface area (Å²) in [6.07, 6.45) is -0.386. The molecule has 1 aliphatic rings. The fraction of sp³-hybridized carbons (Fsp3) is 0.424. The molecule has 2 aromatic heterocycles. The molecule has 1 fully saturated rings. The molecule has 1 saturated heterocycles. The van der Waals surface area contributed by atoms with Crippen molar-refractivity contribution >= 4 is 29.3 Å². The van der Waals surface area contributed by atoms with Crippen LogP contribution in [0.5, 0.6) is 5.75 Å². The first-order chi connectivity index (χ1) is 21.7. The highest BCUT2D eigenvalue weighted by Crippen LogP contribution is 2.36. The van der Waals surface area contributed by atoms with Crippen LogP contribution in [0.15, 0.2) is 57.7 Å². The van der Waals surface area contributed by atoms with Crippen molar-refractivity contribution in [1.82, 2.24) is 24.5 Å². The van der Waals surface area contributed by atoms with E-state index in [1.165, 1.54) is 9.58 Å². The zero-order chi connectivity index (χ0) is 33.3. The van der Waals surface area contributed by atoms with Crippen molar-refractivity contribution in [2.45, 2.75) is 65.6 Å². The number of hydrogen-bond acceptors (Lipinski definition) is 8. The van der Waals surface area contributed by atoms with Crippen molar-refractivity contribution in [2.75, 3.05) is 18.4 Å². The Balaban J connectivity index is 1.44. The van der Waals surface area contributed by atoms with Gasteiger partial charge in [-0.05, 0) is 78.3 Å². The average molecular weight is 651 g/mol. The molecule has 4 aromatic rings. The van der Waals surface area contributed by atoms with Crippen molar-refractivity contribution in [1.29, 1.82) is 0 Å². The Labute approximate surface area is 272 Å². The smallest absolute Gasteiger partial charge is 0.410 e. The van der Waals surface area contributed by atoms with Gasteiger partial charge in [-0.1, -0.05) is 29.8 Å². The summed E-state index contributed by atoms with van der Waals surface area (Å²) in [6.45, 7) is 11.2. The van der Waals surface area contributed by atoms with E-state index in [0.717, 1.165) is 0 Å². The zero-order valence-corrected chi connectivity index (χ0v) is 27.8. The number of carbonyl (C=O) groups is 2. The number of benzene rings is 2. The number of aromatic nitrogens is 4. The summed E-state index contributed by atoms with van der Waals surface area (Å²) in [5.74, 6) is -0.637. The van der Waals surface area contributed by atoms with Gasteiger partial charge in [0.15, 0.2) is 0 Å². The fourth-order valence-electron chi connectivity index (χ4n) is 5.42. The topological polar surface area (TPSA) is 134 Å². The molecule has 1 N–H and O–H groups in total. The van der Waals surface area contributed by atoms with E-state index >= 15 is 0 Å². The van der Waals surface area contributed by atoms with E-state index < -0.39 is 29.4 Å². The first-order valence-electron chi connectivity index (χ1n) is 15.1. The number of likely N-dealkylation sites (tertiary alicyclic amines) is 1. The Bertz CT molecular complexity index is 1790. The fourth-order valence-corrected chi connectivity index (χ4v) is 5.59. The molecule has 12 nitrogen and oxygen atoms in total. The maximum Gasteiger partial charge on any atom is 0.410 e. The third-order valence-electron chi connectivity index (χ3n) is 7.60. The van der Waals surface area contributed by atoms with Crippen LogP contribution in [0.2, 0.25) is 5.02 Å². The number of halogens is 1. The third kappa shape index (κ3) is 7.12. The number of nitrogens with zero attached hydrogens (tertiary/aromatic N) is 5. The number of piperidine rings is 1. The summed E-state index contributed by atoms with van der Waals surface area (Å²) >= 11 is 6.28. The molecule has 0 saturated carbocycles. The van der Waals surface area contributed by atoms with Gasteiger partial charge in [0.1, 0.15) is 17.0 Å². The second kappa shape index (κ2) is 13.0. The van der Waals surface area contributed by atoms with Gasteiger partial charge in [-0.3, -0.25) is 14.3 Å². The van der Waals surface area contributed by atoms with E-state index in [1.54, 1.807) is 57.6 Å². The highest BCUT2D eigenvalue weighted by Gasteiger charge is 2.39. The third-order valence-corrected chi connectivity index (χ3v) is 7.84. The van der Waals surface area contributed by atoms with Crippen molar-refractivity contribution < 1.29 is 23.5 Å². The lowest BCUT2D eigenvalue weighted by Gasteiger charge is -2.36. The van der Waals surface area contributed by atoms with Crippen LogP contribution >= 0.6 is 11.6 Å². The van der Waals surface area contributed by atoms with Gasteiger partial charge in [-0.2, -0.15) is 0 Å². The second-order valence-electron chi connectivity index (χ2n) is 12.7. The van der Waals surface area contributed by atoms with E-state index in [0.29, 0.717) is 27.7 Å². The van der Waals surface area contributed by atoms with E-state index in [4.69, 9.17) is 25.5 Å². The molecule has 2 aromatic carbocycles. The minimum atomic E-state index is -0.748. The zero-order valence-electron chi connectivity index (χ0n) is 27.0. The molecule has 2 atom stereocenters. The van der Waals surface area contributed by atoms with Gasteiger partial charge in [-0.15, -0.1) is 10.2 Å². The van der Waals surface area contributed by atoms with Gasteiger partial charge in [0.25, 0.3) is 11.4 Å². The average Bonchev–Trinajstić information content (AvgIpc) is 3.57. The minimum Gasteiger partial charge on any atom is -0.490 e. The summed E-state index contributed by atoms with van der Waals surface area (Å²) in [6, 6.07) is 14.3. The van der Waals surface area contributed by atoms with Crippen LogP contribution < -0.4 is 15.6 Å². The molecular formula is C33H39ClN6O6. The standard InChI is InChI=1S/C33H39ClN6O6/c1-19(2)44-26-14-13-23(34)16-25(26)30-37-36-29(45-30)22-15-21(17-39(18-22)32(43)46-33(4,5)6)28(41)35-27-20(3)38(7)40(31(27)42)24-11-9-8-10-12-24/h8-14,16,19,21-22H,15,17-18H2,1-7H3,(H,35,41)/t21-,22?/m0/s1. The van der Waals surface area contributed by atoms with Crippen molar-refractivity contribution in [2.24, 2.45) is 13.0 Å². The Morgan fingerprint density at radius 3 is 2.48 bits per heavy atom. The molecule has 5 rings (SSSR count). The van der Waals surface area contributed by atoms with Gasteiger partial charge in [-0.25, -0.2) is 9.48 Å². The molecule has 244 valence electrons. The molecule has 3 heterocycles. The maximum atomic E-state index is 13.8. The predicted octanol–water partition coefficient (Wildman–Crippen LogP) is 5.95. The summed E-state index contributed by atoms with van der Waals surface area (Å²) in [7, 11) is 1.75. The Morgan fingerprint density at radius 1 is 1.09 bits per heavy atom. The number of nitrogens with one attached hydrogen (secondary N) is 1. The number of amides is 2. The van der Waals surface area contributed by atoms with Crippen molar-refractivity contribution in [3.8, 4) is 22.9 Å². The van der Waals surface area contributed by atoms with Crippen LogP contribution in [0.25, 0.3) is 17.1 Å². The van der Waals surface area contributed by atoms with Crippen LogP contribution in [-0.4, -0.2) is 61.3 Å². The van der Waals surface area contributed by atoms with Crippen LogP contribution in [-0.2, 0) is 16.6 Å². The highest BCUT2D eigenvalue weighted by molar-refractivity contribution is 6.30. The van der Waals surface area contributed by atoms with E-state index in [9.17, 15) is 14.4 Å². The molecule has 1 aliphatic heterocycles. The molecule has 0 radical (unpaired) electrons. The van der Waals surface area contributed by atoms with Gasteiger partial charge in [0, 0.05) is 25.2 Å². The second-order valence-corrected chi connectivity index (χ2v) is 13.1. The molecule has 46 heavy (non-hydrogen) atoms. The summed E-state index contributed by atoms with van der Waals surface area (Å²) in [4.78, 5) is 42.0. The number of carbonyl (C=O) groups excluding carboxylic acids is 2. The minimum absolute atomic E-state index is 0.0810. The largest absolute Gasteiger partial charge is 0.490 e. The number of ether oxygens (including phenoxy) is 2. The Morgan fingerprint density at radius 2 is 1.80 bits per heavy atom. The molecule has 13 heteroatoms. The first-order valence-corrected chi connectivity index (χ1v) is 15.5. The number of hydrogen-bond donors (Lipinski definition) is 1. The number of anilines is 1. The van der Waals surface area contributed by atoms with E-state index in [2.05, 4.69) is 15.5 Å². The number of rotatable bonds is 7. The lowest BCUT2D eigenvalue weighted by Crippen LogP contribution is -2.48. The molecule has 1 unspecified atom stereocenters.